The summed E-state index contributed by atoms with van der Waals surface area (Å²) in [7, 11) is 0. The smallest absolute Gasteiger partial charge is 0.253 e. The van der Waals surface area contributed by atoms with Gasteiger partial charge < -0.3 is 20.1 Å². The monoisotopic (exact) mass is 475 g/mol. The standard InChI is InChI=1S/C27H33N5O3/c1-18(2)26(34)30-21-15-22(27(35)28-12-8-14-31-13-7-11-24(31)33)25-23(16-21)29-19(3)32(25)17-20-9-5-4-6-10-20/h4-6,9-10,15-16,18H,7-8,11-14,17H2,1-3H3,(H,28,35)(H,30,34). The van der Waals surface area contributed by atoms with Crippen molar-refractivity contribution < 1.29 is 14.4 Å². The Hall–Kier alpha value is -3.68. The molecule has 3 amide bonds. The van der Waals surface area contributed by atoms with Crippen molar-refractivity contribution in [1.29, 1.82) is 0 Å². The van der Waals surface area contributed by atoms with Gasteiger partial charge in [-0.05, 0) is 37.5 Å². The number of aromatic nitrogens is 2. The van der Waals surface area contributed by atoms with Gasteiger partial charge in [0, 0.05) is 44.2 Å². The molecule has 4 rings (SSSR count). The maximum absolute atomic E-state index is 13.4. The quantitative estimate of drug-likeness (QED) is 0.461. The van der Waals surface area contributed by atoms with Gasteiger partial charge in [-0.1, -0.05) is 44.2 Å². The largest absolute Gasteiger partial charge is 0.352 e. The second-order valence-electron chi connectivity index (χ2n) is 9.36. The summed E-state index contributed by atoms with van der Waals surface area (Å²) in [6.07, 6.45) is 2.21. The van der Waals surface area contributed by atoms with E-state index in [0.29, 0.717) is 49.2 Å². The van der Waals surface area contributed by atoms with Crippen molar-refractivity contribution in [2.24, 2.45) is 5.92 Å². The number of hydrogen-bond donors (Lipinski definition) is 2. The van der Waals surface area contributed by atoms with Crippen LogP contribution in [0.3, 0.4) is 0 Å². The lowest BCUT2D eigenvalue weighted by molar-refractivity contribution is -0.127. The molecule has 0 atom stereocenters. The lowest BCUT2D eigenvalue weighted by Gasteiger charge is -2.16. The number of carbonyl (C=O) groups excluding carboxylic acids is 3. The number of hydrogen-bond acceptors (Lipinski definition) is 4. The summed E-state index contributed by atoms with van der Waals surface area (Å²) in [5.41, 5.74) is 3.52. The minimum Gasteiger partial charge on any atom is -0.352 e. The lowest BCUT2D eigenvalue weighted by Crippen LogP contribution is -2.31. The number of carbonyl (C=O) groups is 3. The average molecular weight is 476 g/mol. The Morgan fingerprint density at radius 1 is 1.14 bits per heavy atom. The molecule has 1 fully saturated rings. The van der Waals surface area contributed by atoms with Gasteiger partial charge in [0.1, 0.15) is 5.82 Å². The van der Waals surface area contributed by atoms with Gasteiger partial charge in [-0.15, -0.1) is 0 Å². The molecule has 8 heteroatoms. The summed E-state index contributed by atoms with van der Waals surface area (Å²) in [4.78, 5) is 44.1. The summed E-state index contributed by atoms with van der Waals surface area (Å²) in [6, 6.07) is 13.6. The molecule has 184 valence electrons. The number of nitrogens with one attached hydrogen (secondary N) is 2. The molecule has 0 spiro atoms. The average Bonchev–Trinajstić information content (AvgIpc) is 3.38. The summed E-state index contributed by atoms with van der Waals surface area (Å²) in [5, 5.41) is 5.91. The Balaban J connectivity index is 1.61. The molecule has 0 radical (unpaired) electrons. The molecule has 1 aromatic heterocycles. The number of anilines is 1. The lowest BCUT2D eigenvalue weighted by atomic mass is 10.1. The van der Waals surface area contributed by atoms with Crippen molar-refractivity contribution >= 4 is 34.4 Å². The molecule has 2 N–H and O–H groups in total. The maximum Gasteiger partial charge on any atom is 0.253 e. The molecule has 0 aliphatic carbocycles. The molecule has 0 saturated carbocycles. The zero-order valence-electron chi connectivity index (χ0n) is 20.6. The third-order valence-corrected chi connectivity index (χ3v) is 6.31. The maximum atomic E-state index is 13.4. The first-order chi connectivity index (χ1) is 16.8. The van der Waals surface area contributed by atoms with Gasteiger partial charge in [-0.25, -0.2) is 4.98 Å². The van der Waals surface area contributed by atoms with Gasteiger partial charge in [0.25, 0.3) is 5.91 Å². The number of imidazole rings is 1. The van der Waals surface area contributed by atoms with Crippen LogP contribution in [-0.2, 0) is 16.1 Å². The first-order valence-electron chi connectivity index (χ1n) is 12.2. The van der Waals surface area contributed by atoms with E-state index in [9.17, 15) is 14.4 Å². The molecule has 1 aliphatic rings. The Kier molecular flexibility index (Phi) is 7.48. The predicted octanol–water partition coefficient (Wildman–Crippen LogP) is 3.73. The number of nitrogens with zero attached hydrogens (tertiary/aromatic N) is 3. The zero-order valence-corrected chi connectivity index (χ0v) is 20.6. The summed E-state index contributed by atoms with van der Waals surface area (Å²) < 4.78 is 2.04. The summed E-state index contributed by atoms with van der Waals surface area (Å²) in [6.45, 7) is 8.05. The topological polar surface area (TPSA) is 96.3 Å². The van der Waals surface area contributed by atoms with Crippen LogP contribution in [0.15, 0.2) is 42.5 Å². The Bertz CT molecular complexity index is 1230. The molecule has 0 unspecified atom stereocenters. The molecular weight excluding hydrogens is 442 g/mol. The van der Waals surface area contributed by atoms with Crippen LogP contribution in [0.5, 0.6) is 0 Å². The Labute approximate surface area is 205 Å². The summed E-state index contributed by atoms with van der Waals surface area (Å²) in [5.74, 6) is 0.447. The number of aryl methyl sites for hydroxylation is 1. The van der Waals surface area contributed by atoms with Crippen molar-refractivity contribution in [1.82, 2.24) is 19.8 Å². The van der Waals surface area contributed by atoms with Crippen LogP contribution in [0.1, 0.15) is 54.9 Å². The minimum atomic E-state index is -0.224. The van der Waals surface area contributed by atoms with Crippen LogP contribution in [0.25, 0.3) is 11.0 Å². The van der Waals surface area contributed by atoms with Gasteiger partial charge in [-0.2, -0.15) is 0 Å². The predicted molar refractivity (Wildman–Crippen MR) is 136 cm³/mol. The van der Waals surface area contributed by atoms with Gasteiger partial charge in [0.15, 0.2) is 0 Å². The fraction of sp³-hybridized carbons (Fsp3) is 0.407. The minimum absolute atomic E-state index is 0.119. The molecule has 1 saturated heterocycles. The molecule has 1 aliphatic heterocycles. The number of benzene rings is 2. The molecular formula is C27H33N5O3. The second-order valence-corrected chi connectivity index (χ2v) is 9.36. The molecule has 8 nitrogen and oxygen atoms in total. The number of fused-ring (bicyclic) bond motifs is 1. The normalized spacial score (nSPS) is 13.6. The van der Waals surface area contributed by atoms with Gasteiger partial charge >= 0.3 is 0 Å². The van der Waals surface area contributed by atoms with E-state index in [4.69, 9.17) is 4.98 Å². The summed E-state index contributed by atoms with van der Waals surface area (Å²) >= 11 is 0. The number of likely N-dealkylation sites (tertiary alicyclic amines) is 1. The highest BCUT2D eigenvalue weighted by atomic mass is 16.2. The van der Waals surface area contributed by atoms with Crippen molar-refractivity contribution in [3.8, 4) is 0 Å². The molecule has 35 heavy (non-hydrogen) atoms. The van der Waals surface area contributed by atoms with Crippen LogP contribution >= 0.6 is 0 Å². The van der Waals surface area contributed by atoms with Crippen LogP contribution in [0, 0.1) is 12.8 Å². The van der Waals surface area contributed by atoms with Crippen molar-refractivity contribution in [2.75, 3.05) is 25.0 Å². The number of amides is 3. The number of rotatable bonds is 9. The highest BCUT2D eigenvalue weighted by molar-refractivity contribution is 6.07. The highest BCUT2D eigenvalue weighted by Crippen LogP contribution is 2.27. The van der Waals surface area contributed by atoms with E-state index in [1.807, 2.05) is 66.6 Å². The Morgan fingerprint density at radius 2 is 1.91 bits per heavy atom. The van der Waals surface area contributed by atoms with Crippen molar-refractivity contribution in [3.05, 3.63) is 59.4 Å². The molecule has 2 aromatic carbocycles. The third kappa shape index (κ3) is 5.70. The zero-order chi connectivity index (χ0) is 24.9. The first kappa shape index (κ1) is 24.4. The van der Waals surface area contributed by atoms with Crippen LogP contribution in [-0.4, -0.2) is 51.8 Å². The van der Waals surface area contributed by atoms with E-state index < -0.39 is 0 Å². The van der Waals surface area contributed by atoms with Crippen LogP contribution < -0.4 is 10.6 Å². The molecule has 3 aromatic rings. The van der Waals surface area contributed by atoms with E-state index in [2.05, 4.69) is 10.6 Å². The van der Waals surface area contributed by atoms with Crippen molar-refractivity contribution in [3.63, 3.8) is 0 Å². The molecule has 0 bridgehead atoms. The van der Waals surface area contributed by atoms with Crippen molar-refractivity contribution in [2.45, 2.75) is 46.6 Å². The fourth-order valence-electron chi connectivity index (χ4n) is 4.38. The van der Waals surface area contributed by atoms with Gasteiger partial charge in [0.05, 0.1) is 16.6 Å². The third-order valence-electron chi connectivity index (χ3n) is 6.31. The van der Waals surface area contributed by atoms with Gasteiger partial charge in [-0.3, -0.25) is 14.4 Å². The van der Waals surface area contributed by atoms with E-state index >= 15 is 0 Å². The molecule has 2 heterocycles. The highest BCUT2D eigenvalue weighted by Gasteiger charge is 2.21. The van der Waals surface area contributed by atoms with E-state index in [0.717, 1.165) is 29.9 Å². The van der Waals surface area contributed by atoms with E-state index in [1.54, 1.807) is 6.07 Å². The van der Waals surface area contributed by atoms with Crippen LogP contribution in [0.2, 0.25) is 0 Å². The Morgan fingerprint density at radius 3 is 2.60 bits per heavy atom. The SMILES string of the molecule is Cc1nc2cc(NC(=O)C(C)C)cc(C(=O)NCCCN3CCCC3=O)c2n1Cc1ccccc1. The van der Waals surface area contributed by atoms with Gasteiger partial charge in [0.2, 0.25) is 11.8 Å². The fourth-order valence-corrected chi connectivity index (χ4v) is 4.38. The van der Waals surface area contributed by atoms with Crippen LogP contribution in [0.4, 0.5) is 5.69 Å². The second kappa shape index (κ2) is 10.7. The van der Waals surface area contributed by atoms with E-state index in [1.165, 1.54) is 0 Å². The first-order valence-corrected chi connectivity index (χ1v) is 12.2. The van der Waals surface area contributed by atoms with E-state index in [-0.39, 0.29) is 23.6 Å².